The Morgan fingerprint density at radius 2 is 2.15 bits per heavy atom. The molecule has 0 saturated heterocycles. The van der Waals surface area contributed by atoms with E-state index in [2.05, 4.69) is 5.32 Å². The van der Waals surface area contributed by atoms with E-state index in [1.165, 1.54) is 0 Å². The standard InChI is InChI=1S/C15H21NO4/c1-3-7-15(2,18)10-16-14(17)11-5-4-6-12-13(11)20-9-8-19-12/h4-6,18H,3,7-10H2,1-2H3,(H,16,17). The van der Waals surface area contributed by atoms with Crippen LogP contribution in [0, 0.1) is 0 Å². The second kappa shape index (κ2) is 6.13. The van der Waals surface area contributed by atoms with Crippen molar-refractivity contribution in [2.24, 2.45) is 0 Å². The van der Waals surface area contributed by atoms with Crippen LogP contribution in [0.5, 0.6) is 11.5 Å². The number of hydrogen-bond donors (Lipinski definition) is 2. The van der Waals surface area contributed by atoms with Crippen molar-refractivity contribution in [2.75, 3.05) is 19.8 Å². The Morgan fingerprint density at radius 3 is 2.90 bits per heavy atom. The predicted octanol–water partition coefficient (Wildman–Crippen LogP) is 1.74. The lowest BCUT2D eigenvalue weighted by Gasteiger charge is -2.24. The number of carbonyl (C=O) groups excluding carboxylic acids is 1. The fourth-order valence-electron chi connectivity index (χ4n) is 2.25. The van der Waals surface area contributed by atoms with E-state index in [1.54, 1.807) is 25.1 Å². The van der Waals surface area contributed by atoms with Crippen molar-refractivity contribution in [3.8, 4) is 11.5 Å². The lowest BCUT2D eigenvalue weighted by Crippen LogP contribution is -2.40. The van der Waals surface area contributed by atoms with Crippen molar-refractivity contribution in [2.45, 2.75) is 32.3 Å². The van der Waals surface area contributed by atoms with Crippen LogP contribution in [0.3, 0.4) is 0 Å². The molecule has 1 atom stereocenters. The number of aliphatic hydroxyl groups is 1. The molecular weight excluding hydrogens is 258 g/mol. The Bertz CT molecular complexity index is 485. The van der Waals surface area contributed by atoms with E-state index < -0.39 is 5.60 Å². The molecule has 2 N–H and O–H groups in total. The molecule has 110 valence electrons. The van der Waals surface area contributed by atoms with Gasteiger partial charge in [0.15, 0.2) is 11.5 Å². The first kappa shape index (κ1) is 14.7. The molecule has 0 fully saturated rings. The van der Waals surface area contributed by atoms with Gasteiger partial charge in [0.25, 0.3) is 5.91 Å². The topological polar surface area (TPSA) is 67.8 Å². The summed E-state index contributed by atoms with van der Waals surface area (Å²) in [6.07, 6.45) is 1.50. The first-order valence-electron chi connectivity index (χ1n) is 6.93. The fourth-order valence-corrected chi connectivity index (χ4v) is 2.25. The van der Waals surface area contributed by atoms with Crippen LogP contribution in [0.25, 0.3) is 0 Å². The van der Waals surface area contributed by atoms with E-state index in [-0.39, 0.29) is 12.5 Å². The van der Waals surface area contributed by atoms with E-state index in [4.69, 9.17) is 9.47 Å². The number of rotatable bonds is 5. The highest BCUT2D eigenvalue weighted by molar-refractivity contribution is 5.97. The molecule has 1 aliphatic heterocycles. The van der Waals surface area contributed by atoms with Gasteiger partial charge in [0.1, 0.15) is 13.2 Å². The van der Waals surface area contributed by atoms with Crippen LogP contribution in [0.1, 0.15) is 37.0 Å². The van der Waals surface area contributed by atoms with Crippen molar-refractivity contribution >= 4 is 5.91 Å². The molecule has 0 saturated carbocycles. The Kier molecular flexibility index (Phi) is 4.49. The number of hydrogen-bond acceptors (Lipinski definition) is 4. The summed E-state index contributed by atoms with van der Waals surface area (Å²) in [5, 5.41) is 12.8. The number of carbonyl (C=O) groups is 1. The van der Waals surface area contributed by atoms with Crippen molar-refractivity contribution in [3.63, 3.8) is 0 Å². The molecule has 0 bridgehead atoms. The Morgan fingerprint density at radius 1 is 1.40 bits per heavy atom. The van der Waals surface area contributed by atoms with E-state index in [1.807, 2.05) is 6.92 Å². The van der Waals surface area contributed by atoms with Crippen LogP contribution in [0.4, 0.5) is 0 Å². The second-order valence-corrected chi connectivity index (χ2v) is 5.26. The van der Waals surface area contributed by atoms with Gasteiger partial charge >= 0.3 is 0 Å². The molecule has 0 aliphatic carbocycles. The quantitative estimate of drug-likeness (QED) is 0.861. The van der Waals surface area contributed by atoms with Gasteiger partial charge < -0.3 is 19.9 Å². The number of benzene rings is 1. The van der Waals surface area contributed by atoms with Crippen molar-refractivity contribution in [3.05, 3.63) is 23.8 Å². The van der Waals surface area contributed by atoms with Crippen LogP contribution in [-0.2, 0) is 0 Å². The second-order valence-electron chi connectivity index (χ2n) is 5.26. The van der Waals surface area contributed by atoms with Gasteiger partial charge in [-0.2, -0.15) is 0 Å². The maximum absolute atomic E-state index is 12.2. The third-order valence-electron chi connectivity index (χ3n) is 3.23. The van der Waals surface area contributed by atoms with Gasteiger partial charge in [-0.1, -0.05) is 19.4 Å². The number of amides is 1. The van der Waals surface area contributed by atoms with Gasteiger partial charge in [0.2, 0.25) is 0 Å². The molecule has 5 heteroatoms. The summed E-state index contributed by atoms with van der Waals surface area (Å²) in [6.45, 7) is 4.85. The molecule has 1 heterocycles. The highest BCUT2D eigenvalue weighted by atomic mass is 16.6. The zero-order valence-corrected chi connectivity index (χ0v) is 11.9. The van der Waals surface area contributed by atoms with Gasteiger partial charge in [-0.25, -0.2) is 0 Å². The van der Waals surface area contributed by atoms with Crippen molar-refractivity contribution in [1.29, 1.82) is 0 Å². The minimum Gasteiger partial charge on any atom is -0.486 e. The summed E-state index contributed by atoms with van der Waals surface area (Å²) in [4.78, 5) is 12.2. The summed E-state index contributed by atoms with van der Waals surface area (Å²) < 4.78 is 11.0. The van der Waals surface area contributed by atoms with Gasteiger partial charge in [0, 0.05) is 6.54 Å². The Balaban J connectivity index is 2.06. The third-order valence-corrected chi connectivity index (χ3v) is 3.23. The molecule has 1 amide bonds. The number of ether oxygens (including phenoxy) is 2. The molecule has 1 aromatic carbocycles. The first-order valence-corrected chi connectivity index (χ1v) is 6.93. The van der Waals surface area contributed by atoms with Crippen LogP contribution in [0.2, 0.25) is 0 Å². The smallest absolute Gasteiger partial charge is 0.255 e. The highest BCUT2D eigenvalue weighted by Crippen LogP contribution is 2.33. The SMILES string of the molecule is CCCC(C)(O)CNC(=O)c1cccc2c1OCCO2. The van der Waals surface area contributed by atoms with Gasteiger partial charge in [-0.05, 0) is 25.5 Å². The summed E-state index contributed by atoms with van der Waals surface area (Å²) >= 11 is 0. The summed E-state index contributed by atoms with van der Waals surface area (Å²) in [7, 11) is 0. The molecular formula is C15H21NO4. The largest absolute Gasteiger partial charge is 0.486 e. The van der Waals surface area contributed by atoms with Crippen LogP contribution >= 0.6 is 0 Å². The molecule has 0 spiro atoms. The number of nitrogens with one attached hydrogen (secondary N) is 1. The Hall–Kier alpha value is -1.75. The third kappa shape index (κ3) is 3.42. The average Bonchev–Trinajstić information content (AvgIpc) is 2.44. The predicted molar refractivity (Wildman–Crippen MR) is 75.3 cm³/mol. The zero-order valence-electron chi connectivity index (χ0n) is 11.9. The fraction of sp³-hybridized carbons (Fsp3) is 0.533. The monoisotopic (exact) mass is 279 g/mol. The van der Waals surface area contributed by atoms with Crippen LogP contribution < -0.4 is 14.8 Å². The summed E-state index contributed by atoms with van der Waals surface area (Å²) in [5.41, 5.74) is -0.453. The average molecular weight is 279 g/mol. The first-order chi connectivity index (χ1) is 9.53. The molecule has 0 radical (unpaired) electrons. The lowest BCUT2D eigenvalue weighted by molar-refractivity contribution is 0.0468. The van der Waals surface area contributed by atoms with Crippen LogP contribution in [0.15, 0.2) is 18.2 Å². The molecule has 1 aromatic rings. The van der Waals surface area contributed by atoms with Gasteiger partial charge in [-0.3, -0.25) is 4.79 Å². The Labute approximate surface area is 118 Å². The minimum atomic E-state index is -0.892. The maximum Gasteiger partial charge on any atom is 0.255 e. The number of fused-ring (bicyclic) bond motifs is 1. The summed E-state index contributed by atoms with van der Waals surface area (Å²) in [6, 6.07) is 5.22. The highest BCUT2D eigenvalue weighted by Gasteiger charge is 2.23. The van der Waals surface area contributed by atoms with E-state index in [0.717, 1.165) is 6.42 Å². The van der Waals surface area contributed by atoms with E-state index >= 15 is 0 Å². The number of para-hydroxylation sites is 1. The molecule has 0 aromatic heterocycles. The zero-order chi connectivity index (χ0) is 14.6. The maximum atomic E-state index is 12.2. The van der Waals surface area contributed by atoms with Crippen molar-refractivity contribution in [1.82, 2.24) is 5.32 Å². The van der Waals surface area contributed by atoms with Crippen molar-refractivity contribution < 1.29 is 19.4 Å². The normalized spacial score (nSPS) is 16.4. The summed E-state index contributed by atoms with van der Waals surface area (Å²) in [5.74, 6) is 0.805. The lowest BCUT2D eigenvalue weighted by atomic mass is 10.0. The van der Waals surface area contributed by atoms with E-state index in [9.17, 15) is 9.90 Å². The van der Waals surface area contributed by atoms with Crippen LogP contribution in [-0.4, -0.2) is 36.4 Å². The molecule has 20 heavy (non-hydrogen) atoms. The molecule has 5 nitrogen and oxygen atoms in total. The van der Waals surface area contributed by atoms with Gasteiger partial charge in [-0.15, -0.1) is 0 Å². The minimum absolute atomic E-state index is 0.212. The van der Waals surface area contributed by atoms with E-state index in [0.29, 0.717) is 36.7 Å². The van der Waals surface area contributed by atoms with Gasteiger partial charge in [0.05, 0.1) is 11.2 Å². The molecule has 1 aliphatic rings. The molecule has 1 unspecified atom stereocenters. The molecule has 2 rings (SSSR count).